The number of nitrogens with one attached hydrogen (secondary N) is 2. The number of rotatable bonds is 9. The molecule has 1 saturated carbocycles. The van der Waals surface area contributed by atoms with Crippen molar-refractivity contribution in [3.05, 3.63) is 48.2 Å². The molecule has 168 valence electrons. The lowest BCUT2D eigenvalue weighted by atomic mass is 9.71. The van der Waals surface area contributed by atoms with Gasteiger partial charge in [-0.3, -0.25) is 0 Å². The van der Waals surface area contributed by atoms with Crippen molar-refractivity contribution in [3.63, 3.8) is 0 Å². The minimum Gasteiger partial charge on any atom is -0.339 e. The molecular weight excluding hydrogens is 434 g/mol. The Hall–Kier alpha value is -2.83. The maximum Gasteiger partial charge on any atom is 0.240 e. The number of H-pyrrole nitrogens is 1. The predicted molar refractivity (Wildman–Crippen MR) is 118 cm³/mol. The average Bonchev–Trinajstić information content (AvgIpc) is 3.15. The summed E-state index contributed by atoms with van der Waals surface area (Å²) in [5.41, 5.74) is 3.31. The van der Waals surface area contributed by atoms with E-state index in [1.165, 1.54) is 12.1 Å². The number of fused-ring (bicyclic) bond motifs is 1. The van der Waals surface area contributed by atoms with E-state index in [1.807, 2.05) is 16.9 Å². The molecule has 1 aliphatic rings. The SMILES string of the molecule is N#CCC(c1c(-c2ccc(S(=O)(=O)NC(CF)CF)cc2)[nH]c2ncccc12)C1CCC1. The molecule has 1 unspecified atom stereocenters. The summed E-state index contributed by atoms with van der Waals surface area (Å²) < 4.78 is 52.5. The maximum atomic E-state index is 12.8. The number of halogens is 2. The molecule has 0 radical (unpaired) electrons. The number of benzene rings is 1. The monoisotopic (exact) mass is 458 g/mol. The number of hydrogen-bond acceptors (Lipinski definition) is 4. The van der Waals surface area contributed by atoms with Gasteiger partial charge in [-0.05, 0) is 54.2 Å². The molecular formula is C23H24F2N4O2S. The molecule has 0 spiro atoms. The number of alkyl halides is 2. The summed E-state index contributed by atoms with van der Waals surface area (Å²) in [6, 6.07) is 10.9. The zero-order valence-corrected chi connectivity index (χ0v) is 18.2. The standard InChI is InChI=1S/C23H24F2N4O2S/c24-13-17(14-25)29-32(30,31)18-8-6-16(7-9-18)22-21(19(10-11-26)15-3-1-4-15)20-5-2-12-27-23(20)28-22/h2,5-9,12,15,17,19,29H,1,3-4,10,13-14H2,(H,27,28). The highest BCUT2D eigenvalue weighted by molar-refractivity contribution is 7.89. The van der Waals surface area contributed by atoms with Crippen molar-refractivity contribution in [2.24, 2.45) is 5.92 Å². The van der Waals surface area contributed by atoms with E-state index < -0.39 is 29.4 Å². The Kier molecular flexibility index (Phi) is 6.53. The van der Waals surface area contributed by atoms with Crippen LogP contribution in [0.5, 0.6) is 0 Å². The predicted octanol–water partition coefficient (Wildman–Crippen LogP) is 4.61. The van der Waals surface area contributed by atoms with E-state index in [0.29, 0.717) is 18.0 Å². The molecule has 3 aromatic rings. The summed E-state index contributed by atoms with van der Waals surface area (Å²) in [4.78, 5) is 7.70. The van der Waals surface area contributed by atoms with E-state index in [2.05, 4.69) is 16.0 Å². The summed E-state index contributed by atoms with van der Waals surface area (Å²) in [5.74, 6) is 0.483. The molecule has 2 N–H and O–H groups in total. The van der Waals surface area contributed by atoms with Crippen LogP contribution < -0.4 is 4.72 Å². The second-order valence-electron chi connectivity index (χ2n) is 8.12. The van der Waals surface area contributed by atoms with Crippen LogP contribution in [0.15, 0.2) is 47.5 Å². The number of sulfonamides is 1. The number of nitrogens with zero attached hydrogens (tertiary/aromatic N) is 2. The van der Waals surface area contributed by atoms with Crippen molar-refractivity contribution >= 4 is 21.1 Å². The molecule has 0 bridgehead atoms. The first-order valence-electron chi connectivity index (χ1n) is 10.6. The molecule has 1 aromatic carbocycles. The van der Waals surface area contributed by atoms with E-state index >= 15 is 0 Å². The highest BCUT2D eigenvalue weighted by Crippen LogP contribution is 2.46. The summed E-state index contributed by atoms with van der Waals surface area (Å²) in [7, 11) is -4.05. The summed E-state index contributed by atoms with van der Waals surface area (Å²) >= 11 is 0. The van der Waals surface area contributed by atoms with Crippen molar-refractivity contribution in [2.45, 2.75) is 42.5 Å². The Morgan fingerprint density at radius 1 is 1.19 bits per heavy atom. The number of pyridine rings is 1. The topological polar surface area (TPSA) is 98.6 Å². The largest absolute Gasteiger partial charge is 0.339 e. The Bertz CT molecular complexity index is 1230. The van der Waals surface area contributed by atoms with Crippen molar-refractivity contribution in [1.82, 2.24) is 14.7 Å². The van der Waals surface area contributed by atoms with Crippen molar-refractivity contribution < 1.29 is 17.2 Å². The Morgan fingerprint density at radius 3 is 2.50 bits per heavy atom. The van der Waals surface area contributed by atoms with Gasteiger partial charge in [-0.1, -0.05) is 18.6 Å². The normalized spacial score (nSPS) is 15.6. The lowest BCUT2D eigenvalue weighted by molar-refractivity contribution is 0.263. The van der Waals surface area contributed by atoms with Gasteiger partial charge in [0.2, 0.25) is 10.0 Å². The molecule has 1 fully saturated rings. The third-order valence-electron chi connectivity index (χ3n) is 6.16. The van der Waals surface area contributed by atoms with Gasteiger partial charge >= 0.3 is 0 Å². The van der Waals surface area contributed by atoms with Gasteiger partial charge in [0.25, 0.3) is 0 Å². The van der Waals surface area contributed by atoms with Gasteiger partial charge < -0.3 is 4.98 Å². The van der Waals surface area contributed by atoms with Crippen molar-refractivity contribution in [2.75, 3.05) is 13.3 Å². The molecule has 9 heteroatoms. The van der Waals surface area contributed by atoms with Crippen LogP contribution in [-0.4, -0.2) is 37.8 Å². The third kappa shape index (κ3) is 4.25. The first kappa shape index (κ1) is 22.4. The van der Waals surface area contributed by atoms with Gasteiger partial charge in [0.15, 0.2) is 0 Å². The van der Waals surface area contributed by atoms with E-state index in [0.717, 1.165) is 41.5 Å². The minimum atomic E-state index is -4.05. The molecule has 32 heavy (non-hydrogen) atoms. The first-order chi connectivity index (χ1) is 15.5. The van der Waals surface area contributed by atoms with E-state index in [-0.39, 0.29) is 10.8 Å². The fourth-order valence-electron chi connectivity index (χ4n) is 4.29. The lowest BCUT2D eigenvalue weighted by Gasteiger charge is -2.33. The lowest BCUT2D eigenvalue weighted by Crippen LogP contribution is -2.37. The second kappa shape index (κ2) is 9.35. The van der Waals surface area contributed by atoms with Crippen LogP contribution in [0.1, 0.15) is 37.2 Å². The molecule has 1 atom stereocenters. The van der Waals surface area contributed by atoms with E-state index in [4.69, 9.17) is 0 Å². The number of nitriles is 1. The summed E-state index contributed by atoms with van der Waals surface area (Å²) in [6.07, 6.45) is 5.39. The molecule has 4 rings (SSSR count). The fraction of sp³-hybridized carbons (Fsp3) is 0.391. The van der Waals surface area contributed by atoms with Crippen LogP contribution in [0.2, 0.25) is 0 Å². The van der Waals surface area contributed by atoms with Crippen LogP contribution in [0.25, 0.3) is 22.3 Å². The van der Waals surface area contributed by atoms with Gasteiger partial charge in [0.1, 0.15) is 19.0 Å². The van der Waals surface area contributed by atoms with E-state index in [1.54, 1.807) is 18.3 Å². The smallest absolute Gasteiger partial charge is 0.240 e. The first-order valence-corrected chi connectivity index (χ1v) is 12.0. The highest BCUT2D eigenvalue weighted by atomic mass is 32.2. The summed E-state index contributed by atoms with van der Waals surface area (Å²) in [6.45, 7) is -2.25. The third-order valence-corrected chi connectivity index (χ3v) is 7.70. The number of hydrogen-bond donors (Lipinski definition) is 2. The van der Waals surface area contributed by atoms with Crippen LogP contribution in [0.4, 0.5) is 8.78 Å². The molecule has 1 aliphatic carbocycles. The van der Waals surface area contributed by atoms with Crippen molar-refractivity contribution in [1.29, 1.82) is 5.26 Å². The van der Waals surface area contributed by atoms with Crippen molar-refractivity contribution in [3.8, 4) is 17.3 Å². The maximum absolute atomic E-state index is 12.8. The molecule has 0 amide bonds. The van der Waals surface area contributed by atoms with Crippen LogP contribution in [-0.2, 0) is 10.0 Å². The number of aromatic amines is 1. The van der Waals surface area contributed by atoms with Crippen LogP contribution >= 0.6 is 0 Å². The second-order valence-corrected chi connectivity index (χ2v) is 9.84. The molecule has 0 saturated heterocycles. The minimum absolute atomic E-state index is 0.0571. The van der Waals surface area contributed by atoms with Gasteiger partial charge in [0.05, 0.1) is 22.7 Å². The Labute approximate surface area is 185 Å². The van der Waals surface area contributed by atoms with Gasteiger partial charge in [-0.15, -0.1) is 0 Å². The molecule has 6 nitrogen and oxygen atoms in total. The van der Waals surface area contributed by atoms with E-state index in [9.17, 15) is 22.5 Å². The quantitative estimate of drug-likeness (QED) is 0.489. The van der Waals surface area contributed by atoms with Gasteiger partial charge in [-0.2, -0.15) is 5.26 Å². The zero-order chi connectivity index (χ0) is 22.7. The summed E-state index contributed by atoms with van der Waals surface area (Å²) in [5, 5.41) is 10.4. The average molecular weight is 459 g/mol. The fourth-order valence-corrected chi connectivity index (χ4v) is 5.49. The number of aromatic nitrogens is 2. The molecule has 0 aliphatic heterocycles. The van der Waals surface area contributed by atoms with Crippen LogP contribution in [0.3, 0.4) is 0 Å². The van der Waals surface area contributed by atoms with Crippen LogP contribution in [0, 0.1) is 17.2 Å². The van der Waals surface area contributed by atoms with Gasteiger partial charge in [-0.25, -0.2) is 26.9 Å². The molecule has 2 aromatic heterocycles. The Morgan fingerprint density at radius 2 is 1.91 bits per heavy atom. The molecule has 2 heterocycles. The highest BCUT2D eigenvalue weighted by Gasteiger charge is 2.32. The van der Waals surface area contributed by atoms with Gasteiger partial charge in [0, 0.05) is 23.9 Å². The zero-order valence-electron chi connectivity index (χ0n) is 17.4. The Balaban J connectivity index is 1.75.